The van der Waals surface area contributed by atoms with E-state index in [2.05, 4.69) is 10.1 Å². The molecule has 28 heavy (non-hydrogen) atoms. The van der Waals surface area contributed by atoms with Gasteiger partial charge in [-0.15, -0.1) is 0 Å². The van der Waals surface area contributed by atoms with Gasteiger partial charge in [-0.3, -0.25) is 4.99 Å². The van der Waals surface area contributed by atoms with E-state index in [0.717, 1.165) is 36.3 Å². The number of hydrogen-bond donors (Lipinski definition) is 1. The van der Waals surface area contributed by atoms with Crippen molar-refractivity contribution < 1.29 is 8.91 Å². The number of hydrogen-bond acceptors (Lipinski definition) is 5. The zero-order valence-electron chi connectivity index (χ0n) is 15.8. The van der Waals surface area contributed by atoms with Crippen LogP contribution in [0.25, 0.3) is 11.1 Å². The number of aromatic nitrogens is 1. The topological polar surface area (TPSA) is 67.7 Å². The maximum Gasteiger partial charge on any atom is 0.191 e. The molecule has 4 rings (SSSR count). The molecule has 0 saturated heterocycles. The van der Waals surface area contributed by atoms with E-state index in [0.29, 0.717) is 23.8 Å². The Morgan fingerprint density at radius 1 is 1.18 bits per heavy atom. The Balaban J connectivity index is 1.51. The van der Waals surface area contributed by atoms with Crippen molar-refractivity contribution in [2.24, 2.45) is 10.7 Å². The van der Waals surface area contributed by atoms with Crippen LogP contribution in [0, 0.1) is 5.82 Å². The van der Waals surface area contributed by atoms with E-state index in [-0.39, 0.29) is 11.7 Å². The minimum Gasteiger partial charge on any atom is -0.370 e. The molecule has 2 heterocycles. The highest BCUT2D eigenvalue weighted by Gasteiger charge is 2.19. The molecule has 2 aromatic carbocycles. The fourth-order valence-corrected chi connectivity index (χ4v) is 3.45. The van der Waals surface area contributed by atoms with Gasteiger partial charge in [-0.1, -0.05) is 54.5 Å². The second-order valence-corrected chi connectivity index (χ2v) is 7.06. The molecule has 1 atom stereocenters. The Hall–Kier alpha value is -3.15. The summed E-state index contributed by atoms with van der Waals surface area (Å²) >= 11 is 0. The first-order valence-corrected chi connectivity index (χ1v) is 9.47. The van der Waals surface area contributed by atoms with Gasteiger partial charge in [-0.05, 0) is 23.6 Å². The van der Waals surface area contributed by atoms with Gasteiger partial charge in [0.15, 0.2) is 5.96 Å². The summed E-state index contributed by atoms with van der Waals surface area (Å²) in [6.07, 6.45) is 0.981. The van der Waals surface area contributed by atoms with Crippen LogP contribution in [0.4, 0.5) is 4.39 Å². The molecule has 0 aliphatic carbocycles. The lowest BCUT2D eigenvalue weighted by molar-refractivity contribution is 0.342. The molecule has 0 radical (unpaired) electrons. The summed E-state index contributed by atoms with van der Waals surface area (Å²) in [4.78, 5) is 6.25. The van der Waals surface area contributed by atoms with Crippen molar-refractivity contribution in [2.75, 3.05) is 13.1 Å². The number of halogens is 1. The highest BCUT2D eigenvalue weighted by Crippen LogP contribution is 2.30. The summed E-state index contributed by atoms with van der Waals surface area (Å²) < 4.78 is 20.2. The molecule has 0 bridgehead atoms. The minimum absolute atomic E-state index is 0.104. The first kappa shape index (κ1) is 18.2. The maximum atomic E-state index is 14.7. The number of nitrogens with zero attached hydrogens (tertiary/aromatic N) is 3. The number of nitrogens with two attached hydrogens (primary N) is 1. The summed E-state index contributed by atoms with van der Waals surface area (Å²) in [5.74, 6) is 0.900. The van der Waals surface area contributed by atoms with Crippen LogP contribution in [0.5, 0.6) is 0 Å². The van der Waals surface area contributed by atoms with E-state index in [4.69, 9.17) is 10.3 Å². The lowest BCUT2D eigenvalue weighted by Crippen LogP contribution is -2.40. The third-order valence-corrected chi connectivity index (χ3v) is 5.12. The Labute approximate surface area is 163 Å². The average Bonchev–Trinajstić information content (AvgIpc) is 3.18. The van der Waals surface area contributed by atoms with Gasteiger partial charge in [0.05, 0.1) is 6.54 Å². The largest absolute Gasteiger partial charge is 0.370 e. The van der Waals surface area contributed by atoms with Crippen LogP contribution in [0.15, 0.2) is 64.1 Å². The van der Waals surface area contributed by atoms with Crippen molar-refractivity contribution >= 4 is 5.96 Å². The van der Waals surface area contributed by atoms with Gasteiger partial charge in [0.25, 0.3) is 0 Å². The van der Waals surface area contributed by atoms with Gasteiger partial charge in [-0.2, -0.15) is 0 Å². The molecule has 0 amide bonds. The SMILES string of the molecule is CC(c1ccc(-c2ccccc2)c(F)c1)c1cc(CN2CCCN=C2N)no1. The molecular weight excluding hydrogens is 355 g/mol. The molecule has 0 spiro atoms. The molecule has 2 N–H and O–H groups in total. The molecule has 1 aromatic heterocycles. The highest BCUT2D eigenvalue weighted by molar-refractivity contribution is 5.78. The van der Waals surface area contributed by atoms with Crippen molar-refractivity contribution in [3.8, 4) is 11.1 Å². The smallest absolute Gasteiger partial charge is 0.191 e. The Kier molecular flexibility index (Phi) is 5.10. The zero-order chi connectivity index (χ0) is 19.5. The molecular formula is C22H23FN4O. The van der Waals surface area contributed by atoms with E-state index in [1.807, 2.05) is 60.4 Å². The molecule has 5 nitrogen and oxygen atoms in total. The third-order valence-electron chi connectivity index (χ3n) is 5.12. The van der Waals surface area contributed by atoms with E-state index in [1.54, 1.807) is 6.07 Å². The number of guanidine groups is 1. The fourth-order valence-electron chi connectivity index (χ4n) is 3.45. The van der Waals surface area contributed by atoms with Crippen LogP contribution in [0.3, 0.4) is 0 Å². The number of aliphatic imine (C=N–C) groups is 1. The Morgan fingerprint density at radius 2 is 2.00 bits per heavy atom. The van der Waals surface area contributed by atoms with Gasteiger partial charge in [0.2, 0.25) is 0 Å². The van der Waals surface area contributed by atoms with Gasteiger partial charge >= 0.3 is 0 Å². The predicted molar refractivity (Wildman–Crippen MR) is 107 cm³/mol. The van der Waals surface area contributed by atoms with E-state index >= 15 is 0 Å². The third kappa shape index (κ3) is 3.76. The lowest BCUT2D eigenvalue weighted by Gasteiger charge is -2.25. The van der Waals surface area contributed by atoms with E-state index in [9.17, 15) is 4.39 Å². The molecule has 144 valence electrons. The van der Waals surface area contributed by atoms with Crippen LogP contribution < -0.4 is 5.73 Å². The summed E-state index contributed by atoms with van der Waals surface area (Å²) in [6, 6.07) is 16.8. The Bertz CT molecular complexity index is 983. The van der Waals surface area contributed by atoms with Gasteiger partial charge in [0.1, 0.15) is 17.3 Å². The van der Waals surface area contributed by atoms with Gasteiger partial charge in [0, 0.05) is 30.6 Å². The predicted octanol–water partition coefficient (Wildman–Crippen LogP) is 4.15. The minimum atomic E-state index is -0.243. The van der Waals surface area contributed by atoms with Crippen LogP contribution >= 0.6 is 0 Å². The zero-order valence-corrected chi connectivity index (χ0v) is 15.8. The van der Waals surface area contributed by atoms with Crippen molar-refractivity contribution in [1.29, 1.82) is 0 Å². The summed E-state index contributed by atoms with van der Waals surface area (Å²) in [5, 5.41) is 4.16. The second-order valence-electron chi connectivity index (χ2n) is 7.06. The molecule has 1 aliphatic rings. The van der Waals surface area contributed by atoms with Crippen molar-refractivity contribution in [3.63, 3.8) is 0 Å². The van der Waals surface area contributed by atoms with Gasteiger partial charge < -0.3 is 15.2 Å². The summed E-state index contributed by atoms with van der Waals surface area (Å²) in [7, 11) is 0. The van der Waals surface area contributed by atoms with E-state index < -0.39 is 0 Å². The summed E-state index contributed by atoms with van der Waals surface area (Å²) in [6.45, 7) is 4.18. The van der Waals surface area contributed by atoms with Crippen molar-refractivity contribution in [1.82, 2.24) is 10.1 Å². The molecule has 1 unspecified atom stereocenters. The average molecular weight is 378 g/mol. The van der Waals surface area contributed by atoms with Crippen molar-refractivity contribution in [3.05, 3.63) is 77.4 Å². The highest BCUT2D eigenvalue weighted by atomic mass is 19.1. The van der Waals surface area contributed by atoms with Crippen LogP contribution in [-0.4, -0.2) is 29.1 Å². The second kappa shape index (κ2) is 7.84. The van der Waals surface area contributed by atoms with Crippen LogP contribution in [0.2, 0.25) is 0 Å². The van der Waals surface area contributed by atoms with Gasteiger partial charge in [-0.25, -0.2) is 4.39 Å². The standard InChI is InChI=1S/C22H23FN4O/c1-15(17-8-9-19(20(23)12-17)16-6-3-2-4-7-16)21-13-18(26-28-21)14-27-11-5-10-25-22(27)24/h2-4,6-9,12-13,15H,5,10-11,14H2,1H3,(H2,24,25). The fraction of sp³-hybridized carbons (Fsp3) is 0.273. The summed E-state index contributed by atoms with van der Waals surface area (Å²) in [5.41, 5.74) is 9.04. The molecule has 0 fully saturated rings. The first-order chi connectivity index (χ1) is 13.6. The molecule has 6 heteroatoms. The quantitative estimate of drug-likeness (QED) is 0.724. The maximum absolute atomic E-state index is 14.7. The molecule has 0 saturated carbocycles. The lowest BCUT2D eigenvalue weighted by atomic mass is 9.95. The molecule has 3 aromatic rings. The van der Waals surface area contributed by atoms with Crippen LogP contribution in [0.1, 0.15) is 36.3 Å². The van der Waals surface area contributed by atoms with Crippen LogP contribution in [-0.2, 0) is 6.54 Å². The van der Waals surface area contributed by atoms with Crippen molar-refractivity contribution in [2.45, 2.75) is 25.8 Å². The van der Waals surface area contributed by atoms with E-state index in [1.165, 1.54) is 0 Å². The number of rotatable bonds is 5. The number of benzene rings is 2. The normalized spacial score (nSPS) is 15.4. The first-order valence-electron chi connectivity index (χ1n) is 9.47. The molecule has 1 aliphatic heterocycles. The Morgan fingerprint density at radius 3 is 2.75 bits per heavy atom. The monoisotopic (exact) mass is 378 g/mol.